The first kappa shape index (κ1) is 12.9. The largest absolute Gasteiger partial charge is 0.374 e. The van der Waals surface area contributed by atoms with E-state index in [1.807, 2.05) is 36.8 Å². The number of hydrogen-bond donors (Lipinski definition) is 2. The lowest BCUT2D eigenvalue weighted by Crippen LogP contribution is -2.23. The van der Waals surface area contributed by atoms with Crippen LogP contribution in [-0.4, -0.2) is 16.1 Å². The van der Waals surface area contributed by atoms with Crippen molar-refractivity contribution in [2.75, 3.05) is 11.9 Å². The van der Waals surface area contributed by atoms with Gasteiger partial charge in [0.05, 0.1) is 35.0 Å². The van der Waals surface area contributed by atoms with Crippen molar-refractivity contribution in [3.63, 3.8) is 0 Å². The minimum atomic E-state index is 0.00681. The van der Waals surface area contributed by atoms with Crippen molar-refractivity contribution in [2.45, 2.75) is 19.5 Å². The van der Waals surface area contributed by atoms with E-state index in [0.717, 1.165) is 17.9 Å². The molecule has 0 bridgehead atoms. The van der Waals surface area contributed by atoms with Gasteiger partial charge in [0.1, 0.15) is 0 Å². The molecule has 1 atom stereocenters. The van der Waals surface area contributed by atoms with E-state index in [-0.39, 0.29) is 6.04 Å². The van der Waals surface area contributed by atoms with Crippen LogP contribution in [0, 0.1) is 0 Å². The second kappa shape index (κ2) is 5.89. The fourth-order valence-corrected chi connectivity index (χ4v) is 2.10. The number of nitrogens with zero attached hydrogens (tertiary/aromatic N) is 2. The predicted octanol–water partition coefficient (Wildman–Crippen LogP) is 2.67. The van der Waals surface area contributed by atoms with E-state index >= 15 is 0 Å². The van der Waals surface area contributed by atoms with Gasteiger partial charge in [-0.2, -0.15) is 0 Å². The molecule has 4 nitrogen and oxygen atoms in total. The number of nitrogens with two attached hydrogens (primary N) is 1. The normalized spacial score (nSPS) is 12.4. The zero-order valence-electron chi connectivity index (χ0n) is 10.3. The van der Waals surface area contributed by atoms with Gasteiger partial charge in [0.15, 0.2) is 0 Å². The maximum absolute atomic E-state index is 6.13. The van der Waals surface area contributed by atoms with Crippen LogP contribution in [-0.2, 0) is 6.54 Å². The Morgan fingerprint density at radius 2 is 2.22 bits per heavy atom. The van der Waals surface area contributed by atoms with Crippen LogP contribution in [0.4, 0.5) is 5.69 Å². The van der Waals surface area contributed by atoms with Crippen molar-refractivity contribution in [1.82, 2.24) is 9.55 Å². The van der Waals surface area contributed by atoms with Crippen molar-refractivity contribution in [2.24, 2.45) is 5.73 Å². The molecule has 0 saturated carbocycles. The Morgan fingerprint density at radius 1 is 1.44 bits per heavy atom. The monoisotopic (exact) mass is 264 g/mol. The highest BCUT2D eigenvalue weighted by molar-refractivity contribution is 6.33. The number of benzene rings is 1. The number of imidazole rings is 1. The fraction of sp³-hybridized carbons (Fsp3) is 0.308. The first-order valence-electron chi connectivity index (χ1n) is 5.97. The highest BCUT2D eigenvalue weighted by Crippen LogP contribution is 2.25. The molecule has 3 N–H and O–H groups in total. The summed E-state index contributed by atoms with van der Waals surface area (Å²) in [6.07, 6.45) is 3.65. The number of rotatable bonds is 5. The third kappa shape index (κ3) is 2.66. The first-order valence-corrected chi connectivity index (χ1v) is 6.35. The van der Waals surface area contributed by atoms with Gasteiger partial charge < -0.3 is 15.6 Å². The van der Waals surface area contributed by atoms with Gasteiger partial charge in [0, 0.05) is 13.1 Å². The van der Waals surface area contributed by atoms with Gasteiger partial charge in [0.25, 0.3) is 0 Å². The third-order valence-corrected chi connectivity index (χ3v) is 3.21. The summed E-state index contributed by atoms with van der Waals surface area (Å²) >= 11 is 6.13. The van der Waals surface area contributed by atoms with E-state index < -0.39 is 0 Å². The lowest BCUT2D eigenvalue weighted by molar-refractivity contribution is 0.654. The van der Waals surface area contributed by atoms with Gasteiger partial charge in [-0.3, -0.25) is 0 Å². The fourth-order valence-electron chi connectivity index (χ4n) is 1.90. The van der Waals surface area contributed by atoms with E-state index in [9.17, 15) is 0 Å². The molecule has 5 heteroatoms. The number of nitrogens with one attached hydrogen (secondary N) is 1. The minimum absolute atomic E-state index is 0.00681. The summed E-state index contributed by atoms with van der Waals surface area (Å²) in [7, 11) is 0. The standard InChI is InChI=1S/C13H17ClN4/c1-2-18-9-16-8-13(18)12(7-15)17-11-6-4-3-5-10(11)14/h3-6,8-9,12,17H,2,7,15H2,1H3. The van der Waals surface area contributed by atoms with Gasteiger partial charge in [-0.25, -0.2) is 4.98 Å². The Bertz CT molecular complexity index is 509. The zero-order valence-corrected chi connectivity index (χ0v) is 11.1. The molecule has 0 aliphatic rings. The summed E-state index contributed by atoms with van der Waals surface area (Å²) in [4.78, 5) is 4.16. The molecule has 2 aromatic rings. The minimum Gasteiger partial charge on any atom is -0.374 e. The molecular formula is C13H17ClN4. The average Bonchev–Trinajstić information content (AvgIpc) is 2.86. The molecule has 0 radical (unpaired) electrons. The van der Waals surface area contributed by atoms with E-state index in [2.05, 4.69) is 21.8 Å². The first-order chi connectivity index (χ1) is 8.76. The van der Waals surface area contributed by atoms with Crippen LogP contribution in [0.3, 0.4) is 0 Å². The quantitative estimate of drug-likeness (QED) is 0.873. The van der Waals surface area contributed by atoms with Gasteiger partial charge in [-0.05, 0) is 19.1 Å². The number of aryl methyl sites for hydroxylation is 1. The molecule has 1 unspecified atom stereocenters. The topological polar surface area (TPSA) is 55.9 Å². The van der Waals surface area contributed by atoms with Crippen molar-refractivity contribution >= 4 is 17.3 Å². The Hall–Kier alpha value is -1.52. The van der Waals surface area contributed by atoms with Crippen LogP contribution in [0.1, 0.15) is 18.7 Å². The van der Waals surface area contributed by atoms with Crippen LogP contribution in [0.5, 0.6) is 0 Å². The predicted molar refractivity (Wildman–Crippen MR) is 74.8 cm³/mol. The van der Waals surface area contributed by atoms with Crippen LogP contribution in [0.2, 0.25) is 5.02 Å². The van der Waals surface area contributed by atoms with Crippen molar-refractivity contribution in [3.8, 4) is 0 Å². The van der Waals surface area contributed by atoms with E-state index in [1.165, 1.54) is 0 Å². The molecule has 0 saturated heterocycles. The Balaban J connectivity index is 2.23. The zero-order chi connectivity index (χ0) is 13.0. The molecule has 0 aliphatic carbocycles. The Morgan fingerprint density at radius 3 is 2.89 bits per heavy atom. The number of hydrogen-bond acceptors (Lipinski definition) is 3. The molecule has 0 fully saturated rings. The summed E-state index contributed by atoms with van der Waals surface area (Å²) < 4.78 is 2.07. The third-order valence-electron chi connectivity index (χ3n) is 2.88. The molecule has 0 amide bonds. The Kier molecular flexibility index (Phi) is 4.23. The van der Waals surface area contributed by atoms with Gasteiger partial charge in [0.2, 0.25) is 0 Å². The summed E-state index contributed by atoms with van der Waals surface area (Å²) in [6.45, 7) is 3.43. The summed E-state index contributed by atoms with van der Waals surface area (Å²) in [5.74, 6) is 0. The molecule has 96 valence electrons. The summed E-state index contributed by atoms with van der Waals surface area (Å²) in [5.41, 5.74) is 7.80. The highest BCUT2D eigenvalue weighted by Gasteiger charge is 2.14. The number of anilines is 1. The molecule has 1 heterocycles. The maximum Gasteiger partial charge on any atom is 0.0948 e. The second-order valence-electron chi connectivity index (χ2n) is 4.02. The Labute approximate surface area is 112 Å². The second-order valence-corrected chi connectivity index (χ2v) is 4.42. The SMILES string of the molecule is CCn1cncc1C(CN)Nc1ccccc1Cl. The van der Waals surface area contributed by atoms with E-state index in [4.69, 9.17) is 17.3 Å². The van der Waals surface area contributed by atoms with Gasteiger partial charge in [-0.15, -0.1) is 0 Å². The van der Waals surface area contributed by atoms with Gasteiger partial charge in [-0.1, -0.05) is 23.7 Å². The molecular weight excluding hydrogens is 248 g/mol. The summed E-state index contributed by atoms with van der Waals surface area (Å²) in [5, 5.41) is 4.05. The number of halogens is 1. The number of para-hydroxylation sites is 1. The smallest absolute Gasteiger partial charge is 0.0948 e. The molecule has 2 rings (SSSR count). The van der Waals surface area contributed by atoms with E-state index in [0.29, 0.717) is 11.6 Å². The molecule has 18 heavy (non-hydrogen) atoms. The molecule has 0 spiro atoms. The maximum atomic E-state index is 6.13. The van der Waals surface area contributed by atoms with Crippen LogP contribution in [0.15, 0.2) is 36.8 Å². The average molecular weight is 265 g/mol. The van der Waals surface area contributed by atoms with E-state index in [1.54, 1.807) is 0 Å². The van der Waals surface area contributed by atoms with Crippen molar-refractivity contribution < 1.29 is 0 Å². The van der Waals surface area contributed by atoms with Crippen molar-refractivity contribution in [1.29, 1.82) is 0 Å². The lowest BCUT2D eigenvalue weighted by Gasteiger charge is -2.20. The van der Waals surface area contributed by atoms with Crippen LogP contribution >= 0.6 is 11.6 Å². The van der Waals surface area contributed by atoms with Crippen LogP contribution in [0.25, 0.3) is 0 Å². The summed E-state index contributed by atoms with van der Waals surface area (Å²) in [6, 6.07) is 7.65. The van der Waals surface area contributed by atoms with Gasteiger partial charge >= 0.3 is 0 Å². The van der Waals surface area contributed by atoms with Crippen molar-refractivity contribution in [3.05, 3.63) is 47.5 Å². The number of aromatic nitrogens is 2. The molecule has 1 aromatic heterocycles. The lowest BCUT2D eigenvalue weighted by atomic mass is 10.2. The highest BCUT2D eigenvalue weighted by atomic mass is 35.5. The molecule has 1 aromatic carbocycles. The molecule has 0 aliphatic heterocycles. The van der Waals surface area contributed by atoms with Crippen LogP contribution < -0.4 is 11.1 Å².